The van der Waals surface area contributed by atoms with Crippen LogP contribution in [0.2, 0.25) is 0 Å². The third-order valence-corrected chi connectivity index (χ3v) is 4.84. The molecule has 0 unspecified atom stereocenters. The van der Waals surface area contributed by atoms with Crippen molar-refractivity contribution in [3.63, 3.8) is 0 Å². The standard InChI is InChI=1S/C16H16INO6S/c1-3-23-11-6-9(5-10(17)14(11)20)7-12-15(21)18(16(22)25-12)8-13(19)24-4-2/h5-7,20H,3-4,8H2,1-2H3/b12-7+. The smallest absolute Gasteiger partial charge is 0.326 e. The molecule has 0 aliphatic carbocycles. The van der Waals surface area contributed by atoms with Gasteiger partial charge in [-0.2, -0.15) is 0 Å². The molecule has 0 aromatic heterocycles. The van der Waals surface area contributed by atoms with Crippen LogP contribution in [0.4, 0.5) is 4.79 Å². The van der Waals surface area contributed by atoms with E-state index in [1.165, 1.54) is 6.08 Å². The summed E-state index contributed by atoms with van der Waals surface area (Å²) in [5.74, 6) is -0.866. The van der Waals surface area contributed by atoms with Gasteiger partial charge in [-0.15, -0.1) is 0 Å². The summed E-state index contributed by atoms with van der Waals surface area (Å²) in [6.45, 7) is 3.58. The lowest BCUT2D eigenvalue weighted by Crippen LogP contribution is -2.34. The van der Waals surface area contributed by atoms with Crippen molar-refractivity contribution in [2.45, 2.75) is 13.8 Å². The Labute approximate surface area is 162 Å². The third kappa shape index (κ3) is 4.66. The molecule has 1 fully saturated rings. The number of ether oxygens (including phenoxy) is 2. The van der Waals surface area contributed by atoms with Crippen LogP contribution in [-0.4, -0.2) is 46.9 Å². The fourth-order valence-corrected chi connectivity index (χ4v) is 3.53. The minimum absolute atomic E-state index is 0.0232. The van der Waals surface area contributed by atoms with Crippen molar-refractivity contribution in [3.05, 3.63) is 26.2 Å². The number of aromatic hydroxyl groups is 1. The Balaban J connectivity index is 2.26. The zero-order valence-corrected chi connectivity index (χ0v) is 16.5. The van der Waals surface area contributed by atoms with E-state index < -0.39 is 23.7 Å². The van der Waals surface area contributed by atoms with Crippen molar-refractivity contribution in [3.8, 4) is 11.5 Å². The van der Waals surface area contributed by atoms with Gasteiger partial charge in [-0.05, 0) is 72.0 Å². The number of esters is 1. The number of carbonyl (C=O) groups excluding carboxylic acids is 3. The van der Waals surface area contributed by atoms with Gasteiger partial charge >= 0.3 is 5.97 Å². The largest absolute Gasteiger partial charge is 0.504 e. The summed E-state index contributed by atoms with van der Waals surface area (Å²) in [6.07, 6.45) is 1.53. The Morgan fingerprint density at radius 3 is 2.68 bits per heavy atom. The number of amides is 2. The third-order valence-electron chi connectivity index (χ3n) is 3.11. The van der Waals surface area contributed by atoms with E-state index in [2.05, 4.69) is 0 Å². The van der Waals surface area contributed by atoms with Crippen LogP contribution in [0.3, 0.4) is 0 Å². The SMILES string of the molecule is CCOC(=O)CN1C(=O)S/C(=C/c2cc(I)c(O)c(OCC)c2)C1=O. The predicted molar refractivity (Wildman–Crippen MR) is 101 cm³/mol. The second-order valence-corrected chi connectivity index (χ2v) is 7.01. The molecule has 0 atom stereocenters. The minimum atomic E-state index is -0.635. The van der Waals surface area contributed by atoms with E-state index in [0.29, 0.717) is 21.5 Å². The molecule has 0 spiro atoms. The van der Waals surface area contributed by atoms with Crippen LogP contribution < -0.4 is 4.74 Å². The lowest BCUT2D eigenvalue weighted by Gasteiger charge is -2.11. The maximum atomic E-state index is 12.3. The van der Waals surface area contributed by atoms with Gasteiger partial charge in [0.05, 0.1) is 21.7 Å². The fourth-order valence-electron chi connectivity index (χ4n) is 2.07. The van der Waals surface area contributed by atoms with Crippen molar-refractivity contribution < 1.29 is 29.0 Å². The molecule has 1 saturated heterocycles. The molecule has 0 saturated carbocycles. The summed E-state index contributed by atoms with van der Waals surface area (Å²) in [5, 5.41) is 9.44. The Bertz CT molecular complexity index is 748. The molecule has 2 amide bonds. The Kier molecular flexibility index (Phi) is 6.71. The molecule has 0 radical (unpaired) electrons. The molecule has 1 aromatic rings. The molecule has 134 valence electrons. The zero-order valence-electron chi connectivity index (χ0n) is 13.6. The summed E-state index contributed by atoms with van der Waals surface area (Å²) in [5.41, 5.74) is 0.604. The summed E-state index contributed by atoms with van der Waals surface area (Å²) >= 11 is 2.70. The van der Waals surface area contributed by atoms with Crippen molar-refractivity contribution in [1.29, 1.82) is 0 Å². The number of hydrogen-bond donors (Lipinski definition) is 1. The van der Waals surface area contributed by atoms with E-state index in [1.807, 2.05) is 22.6 Å². The second-order valence-electron chi connectivity index (χ2n) is 4.86. The van der Waals surface area contributed by atoms with Crippen LogP contribution >= 0.6 is 34.4 Å². The number of rotatable bonds is 6. The van der Waals surface area contributed by atoms with Crippen molar-refractivity contribution in [2.75, 3.05) is 19.8 Å². The van der Waals surface area contributed by atoms with Gasteiger partial charge in [0.1, 0.15) is 6.54 Å². The summed E-state index contributed by atoms with van der Waals surface area (Å²) in [4.78, 5) is 36.9. The molecule has 1 aromatic carbocycles. The average molecular weight is 477 g/mol. The highest BCUT2D eigenvalue weighted by Crippen LogP contribution is 2.36. The molecule has 1 aliphatic heterocycles. The lowest BCUT2D eigenvalue weighted by atomic mass is 10.2. The van der Waals surface area contributed by atoms with E-state index in [-0.39, 0.29) is 17.3 Å². The van der Waals surface area contributed by atoms with Crippen LogP contribution in [0.25, 0.3) is 6.08 Å². The topological polar surface area (TPSA) is 93.1 Å². The van der Waals surface area contributed by atoms with Gasteiger partial charge < -0.3 is 14.6 Å². The van der Waals surface area contributed by atoms with Crippen molar-refractivity contribution in [2.24, 2.45) is 0 Å². The Morgan fingerprint density at radius 1 is 1.32 bits per heavy atom. The van der Waals surface area contributed by atoms with Crippen LogP contribution in [0.1, 0.15) is 19.4 Å². The van der Waals surface area contributed by atoms with Gasteiger partial charge in [-0.1, -0.05) is 0 Å². The fraction of sp³-hybridized carbons (Fsp3) is 0.312. The number of thioether (sulfide) groups is 1. The zero-order chi connectivity index (χ0) is 18.6. The summed E-state index contributed by atoms with van der Waals surface area (Å²) in [6, 6.07) is 3.25. The maximum absolute atomic E-state index is 12.3. The highest BCUT2D eigenvalue weighted by atomic mass is 127. The number of phenols is 1. The number of halogens is 1. The number of hydrogen-bond acceptors (Lipinski definition) is 7. The van der Waals surface area contributed by atoms with Gasteiger partial charge in [-0.3, -0.25) is 19.3 Å². The average Bonchev–Trinajstić information content (AvgIpc) is 2.80. The van der Waals surface area contributed by atoms with E-state index >= 15 is 0 Å². The molecule has 2 rings (SSSR count). The second kappa shape index (κ2) is 8.56. The van der Waals surface area contributed by atoms with Gasteiger partial charge in [0.15, 0.2) is 11.5 Å². The van der Waals surface area contributed by atoms with E-state index in [4.69, 9.17) is 9.47 Å². The lowest BCUT2D eigenvalue weighted by molar-refractivity contribution is -0.145. The van der Waals surface area contributed by atoms with Gasteiger partial charge in [0, 0.05) is 0 Å². The molecular weight excluding hydrogens is 461 g/mol. The first-order valence-corrected chi connectivity index (χ1v) is 9.33. The first-order valence-electron chi connectivity index (χ1n) is 7.43. The molecule has 1 N–H and O–H groups in total. The van der Waals surface area contributed by atoms with Crippen LogP contribution in [0.5, 0.6) is 11.5 Å². The molecule has 7 nitrogen and oxygen atoms in total. The number of benzene rings is 1. The van der Waals surface area contributed by atoms with Gasteiger partial charge in [0.25, 0.3) is 11.1 Å². The number of phenolic OH excluding ortho intramolecular Hbond substituents is 1. The van der Waals surface area contributed by atoms with E-state index in [9.17, 15) is 19.5 Å². The van der Waals surface area contributed by atoms with Crippen LogP contribution in [0.15, 0.2) is 17.0 Å². The highest BCUT2D eigenvalue weighted by Gasteiger charge is 2.36. The molecular formula is C16H16INO6S. The van der Waals surface area contributed by atoms with Crippen LogP contribution in [0, 0.1) is 3.57 Å². The molecule has 9 heteroatoms. The summed E-state index contributed by atoms with van der Waals surface area (Å²) in [7, 11) is 0. The van der Waals surface area contributed by atoms with Crippen molar-refractivity contribution in [1.82, 2.24) is 4.90 Å². The van der Waals surface area contributed by atoms with E-state index in [0.717, 1.165) is 16.7 Å². The Morgan fingerprint density at radius 2 is 2.04 bits per heavy atom. The molecule has 0 bridgehead atoms. The van der Waals surface area contributed by atoms with Gasteiger partial charge in [-0.25, -0.2) is 0 Å². The maximum Gasteiger partial charge on any atom is 0.326 e. The number of nitrogens with zero attached hydrogens (tertiary/aromatic N) is 1. The molecule has 1 aliphatic rings. The normalized spacial score (nSPS) is 15.8. The molecule has 25 heavy (non-hydrogen) atoms. The van der Waals surface area contributed by atoms with Gasteiger partial charge in [0.2, 0.25) is 0 Å². The van der Waals surface area contributed by atoms with E-state index in [1.54, 1.807) is 26.0 Å². The summed E-state index contributed by atoms with van der Waals surface area (Å²) < 4.78 is 10.7. The first kappa shape index (κ1) is 19.6. The quantitative estimate of drug-likeness (QED) is 0.383. The Hall–Kier alpha value is -1.75. The highest BCUT2D eigenvalue weighted by molar-refractivity contribution is 14.1. The predicted octanol–water partition coefficient (Wildman–Crippen LogP) is 2.99. The van der Waals surface area contributed by atoms with Crippen LogP contribution in [-0.2, 0) is 14.3 Å². The number of carbonyl (C=O) groups is 3. The first-order chi connectivity index (χ1) is 11.9. The minimum Gasteiger partial charge on any atom is -0.504 e. The monoisotopic (exact) mass is 477 g/mol. The molecule has 1 heterocycles. The number of imide groups is 1. The van der Waals surface area contributed by atoms with Crippen molar-refractivity contribution >= 4 is 57.5 Å².